The van der Waals surface area contributed by atoms with Crippen LogP contribution in [0.1, 0.15) is 146 Å². The van der Waals surface area contributed by atoms with Crippen molar-refractivity contribution in [3.63, 3.8) is 0 Å². The molecule has 3 heterocycles. The summed E-state index contributed by atoms with van der Waals surface area (Å²) in [5, 5.41) is 20.9. The normalized spacial score (nSPS) is 37.9. The van der Waals surface area contributed by atoms with Crippen molar-refractivity contribution in [3.8, 4) is 0 Å². The number of Topliss-reactive ketones (excluding diaryl/α,β-unsaturated/α-hetero) is 3. The van der Waals surface area contributed by atoms with Crippen molar-refractivity contribution in [1.82, 2.24) is 4.90 Å². The molecule has 0 aromatic heterocycles. The van der Waals surface area contributed by atoms with Gasteiger partial charge in [0, 0.05) is 58.5 Å². The number of cyclic esters (lactones) is 1. The Morgan fingerprint density at radius 2 is 1.57 bits per heavy atom. The number of esters is 1. The van der Waals surface area contributed by atoms with Crippen molar-refractivity contribution in [1.29, 1.82) is 0 Å². The van der Waals surface area contributed by atoms with Crippen LogP contribution >= 0.6 is 0 Å². The zero-order valence-corrected chi connectivity index (χ0v) is 45.9. The van der Waals surface area contributed by atoms with E-state index in [2.05, 4.69) is 0 Å². The van der Waals surface area contributed by atoms with Gasteiger partial charge in [-0.3, -0.25) is 19.2 Å². The molecular formula is C57H91NO14. The van der Waals surface area contributed by atoms with E-state index in [1.54, 1.807) is 34.1 Å². The van der Waals surface area contributed by atoms with E-state index < -0.39 is 77.3 Å². The van der Waals surface area contributed by atoms with Gasteiger partial charge in [0.05, 0.1) is 43.2 Å². The number of hydrogen-bond acceptors (Lipinski definition) is 14. The van der Waals surface area contributed by atoms with E-state index in [-0.39, 0.29) is 80.2 Å². The predicted octanol–water partition coefficient (Wildman–Crippen LogP) is 8.02. The number of nitrogens with zero attached hydrogens (tertiary/aromatic N) is 1. The van der Waals surface area contributed by atoms with Crippen molar-refractivity contribution in [3.05, 3.63) is 47.6 Å². The Morgan fingerprint density at radius 1 is 0.847 bits per heavy atom. The number of hydrogen-bond donors (Lipinski definition) is 2. The number of allylic oxidation sites excluding steroid dienone is 6. The lowest BCUT2D eigenvalue weighted by molar-refractivity contribution is -0.314. The maximum Gasteiger partial charge on any atom is 0.329 e. The minimum atomic E-state index is -1.95. The third-order valence-electron chi connectivity index (χ3n) is 15.3. The molecule has 3 fully saturated rings. The predicted molar refractivity (Wildman–Crippen MR) is 275 cm³/mol. The van der Waals surface area contributed by atoms with Gasteiger partial charge in [-0.1, -0.05) is 71.1 Å². The molecule has 0 spiro atoms. The molecule has 15 heteroatoms. The number of amides is 1. The van der Waals surface area contributed by atoms with Crippen LogP contribution in [0.3, 0.4) is 0 Å². The second kappa shape index (κ2) is 28.5. The Balaban J connectivity index is 1.76. The molecule has 408 valence electrons. The van der Waals surface area contributed by atoms with E-state index >= 15 is 4.79 Å². The highest BCUT2D eigenvalue weighted by Crippen LogP contribution is 2.42. The number of ketones is 3. The van der Waals surface area contributed by atoms with E-state index in [0.29, 0.717) is 63.4 Å². The molecule has 0 unspecified atom stereocenters. The lowest BCUT2D eigenvalue weighted by Crippen LogP contribution is -2.63. The van der Waals surface area contributed by atoms with E-state index in [0.717, 1.165) is 12.0 Å². The first kappa shape index (κ1) is 61.1. The topological polar surface area (TPSA) is 194 Å². The number of rotatable bonds is 10. The molecule has 0 radical (unpaired) electrons. The molecular weight excluding hydrogens is 923 g/mol. The molecule has 2 saturated heterocycles. The van der Waals surface area contributed by atoms with Gasteiger partial charge in [-0.15, -0.1) is 0 Å². The van der Waals surface area contributed by atoms with Crippen LogP contribution in [0.5, 0.6) is 0 Å². The van der Waals surface area contributed by atoms with Crippen molar-refractivity contribution in [2.24, 2.45) is 35.5 Å². The monoisotopic (exact) mass is 1010 g/mol. The van der Waals surface area contributed by atoms with Crippen LogP contribution in [0.15, 0.2) is 47.6 Å². The zero-order chi connectivity index (χ0) is 53.5. The second-order valence-corrected chi connectivity index (χ2v) is 22.3. The van der Waals surface area contributed by atoms with Gasteiger partial charge in [0.25, 0.3) is 11.7 Å². The molecule has 1 saturated carbocycles. The Kier molecular flexibility index (Phi) is 24.2. The van der Waals surface area contributed by atoms with Gasteiger partial charge < -0.3 is 48.3 Å². The lowest BCUT2D eigenvalue weighted by Gasteiger charge is -2.48. The number of aliphatic hydroxyl groups excluding tert-OH is 2. The SMILES string of the molecule is CO[C@H]1C[C@@H]2CC[C@@H](C)[C@@](OC(C)(C)C)(O2)C(=O)C(=O)N2CCCC[C@H]2C(=O)O[C@H]([C@H](C)C[C@@H]2CC[C@@H](OCCO)[C@H](OC)C2)CC(=O)[C@H](C)/C=C(\C)[C@@H](O)[C@@H](OC)C(=O)[C@H](C)C[C@H](C)/C=C/C=C/C=C/1C. The second-order valence-electron chi connectivity index (χ2n) is 22.3. The quantitative estimate of drug-likeness (QED) is 0.121. The molecule has 0 aromatic carbocycles. The fraction of sp³-hybridized carbons (Fsp3) is 0.772. The lowest BCUT2D eigenvalue weighted by atomic mass is 9.78. The van der Waals surface area contributed by atoms with Gasteiger partial charge >= 0.3 is 5.97 Å². The van der Waals surface area contributed by atoms with Crippen molar-refractivity contribution in [2.45, 2.75) is 206 Å². The maximum absolute atomic E-state index is 15.0. The van der Waals surface area contributed by atoms with Gasteiger partial charge in [-0.05, 0) is 128 Å². The molecule has 3 aliphatic heterocycles. The minimum Gasteiger partial charge on any atom is -0.460 e. The summed E-state index contributed by atoms with van der Waals surface area (Å²) in [6.07, 6.45) is 12.8. The van der Waals surface area contributed by atoms with Crippen molar-refractivity contribution in [2.75, 3.05) is 41.1 Å². The number of carbonyl (C=O) groups excluding carboxylic acids is 5. The maximum atomic E-state index is 15.0. The van der Waals surface area contributed by atoms with Crippen LogP contribution in [0.25, 0.3) is 0 Å². The Morgan fingerprint density at radius 3 is 2.22 bits per heavy atom. The molecule has 4 aliphatic rings. The van der Waals surface area contributed by atoms with Crippen molar-refractivity contribution >= 4 is 29.2 Å². The average Bonchev–Trinajstić information content (AvgIpc) is 3.34. The number of aliphatic hydroxyl groups is 2. The highest BCUT2D eigenvalue weighted by molar-refractivity contribution is 6.39. The fourth-order valence-corrected chi connectivity index (χ4v) is 11.1. The summed E-state index contributed by atoms with van der Waals surface area (Å²) in [6, 6.07) is -1.11. The third kappa shape index (κ3) is 16.8. The number of carbonyl (C=O) groups is 5. The van der Waals surface area contributed by atoms with E-state index in [9.17, 15) is 29.4 Å². The van der Waals surface area contributed by atoms with Crippen LogP contribution in [0.4, 0.5) is 0 Å². The van der Waals surface area contributed by atoms with Gasteiger partial charge in [-0.2, -0.15) is 0 Å². The summed E-state index contributed by atoms with van der Waals surface area (Å²) in [6.45, 7) is 18.7. The van der Waals surface area contributed by atoms with Gasteiger partial charge in [0.15, 0.2) is 5.78 Å². The molecule has 2 bridgehead atoms. The van der Waals surface area contributed by atoms with Gasteiger partial charge in [-0.25, -0.2) is 4.79 Å². The van der Waals surface area contributed by atoms with E-state index in [1.807, 2.05) is 85.8 Å². The van der Waals surface area contributed by atoms with Crippen LogP contribution in [0, 0.1) is 35.5 Å². The summed E-state index contributed by atoms with van der Waals surface area (Å²) in [4.78, 5) is 74.1. The Bertz CT molecular complexity index is 1920. The summed E-state index contributed by atoms with van der Waals surface area (Å²) in [7, 11) is 4.65. The van der Waals surface area contributed by atoms with E-state index in [1.165, 1.54) is 12.0 Å². The van der Waals surface area contributed by atoms with E-state index in [4.69, 9.17) is 33.2 Å². The standard InChI is InChI=1S/C57H91NO14/c1-35-19-15-14-16-20-36(2)47(66-11)33-43-24-22-41(7)57(71-43,72-56(8,9)10)53(63)54(64)58-26-18-17-21-44(58)55(65)70-48(38(4)31-42-23-25-46(69-28-27-59)49(32-42)67-12)34-45(60)37(3)30-40(6)51(62)52(68-13)50(61)39(5)29-35/h14-16,19-20,30,35,37-39,41-44,46-49,51-52,59,62H,17-18,21-29,31-34H2,1-13H3/b16-14+,19-15+,36-20+,40-30+/t35-,37-,38-,39-,41-,42+,43+,44+,46-,47+,48+,49-,51-,52+,57+/m1/s1. The van der Waals surface area contributed by atoms with Crippen LogP contribution in [-0.4, -0.2) is 146 Å². The molecule has 0 aromatic rings. The molecule has 2 N–H and O–H groups in total. The first-order chi connectivity index (χ1) is 34.0. The molecule has 72 heavy (non-hydrogen) atoms. The largest absolute Gasteiger partial charge is 0.460 e. The number of methoxy groups -OCH3 is 3. The first-order valence-electron chi connectivity index (χ1n) is 26.7. The first-order valence-corrected chi connectivity index (χ1v) is 26.7. The molecule has 4 rings (SSSR count). The van der Waals surface area contributed by atoms with Gasteiger partial charge in [0.2, 0.25) is 5.79 Å². The van der Waals surface area contributed by atoms with Crippen LogP contribution in [0.2, 0.25) is 0 Å². The van der Waals surface area contributed by atoms with Crippen molar-refractivity contribution < 1.29 is 67.3 Å². The minimum absolute atomic E-state index is 0.0221. The number of fused-ring (bicyclic) bond motifs is 3. The third-order valence-corrected chi connectivity index (χ3v) is 15.3. The Labute approximate surface area is 430 Å². The van der Waals surface area contributed by atoms with Gasteiger partial charge in [0.1, 0.15) is 30.1 Å². The molecule has 15 nitrogen and oxygen atoms in total. The molecule has 1 amide bonds. The molecule has 1 aliphatic carbocycles. The summed E-state index contributed by atoms with van der Waals surface area (Å²) in [5.74, 6) is -6.76. The molecule has 15 atom stereocenters. The smallest absolute Gasteiger partial charge is 0.329 e. The summed E-state index contributed by atoms with van der Waals surface area (Å²) >= 11 is 0. The summed E-state index contributed by atoms with van der Waals surface area (Å²) in [5.41, 5.74) is 0.421. The fourth-order valence-electron chi connectivity index (χ4n) is 11.1. The number of piperidine rings is 1. The van der Waals surface area contributed by atoms with Crippen LogP contribution < -0.4 is 0 Å². The average molecular weight is 1010 g/mol. The van der Waals surface area contributed by atoms with Crippen LogP contribution in [-0.2, 0) is 57.1 Å². The Hall–Kier alpha value is -3.41. The highest BCUT2D eigenvalue weighted by atomic mass is 16.7. The highest BCUT2D eigenvalue weighted by Gasteiger charge is 2.57. The zero-order valence-electron chi connectivity index (χ0n) is 45.9. The number of ether oxygens (including phenoxy) is 7. The summed E-state index contributed by atoms with van der Waals surface area (Å²) < 4.78 is 43.1.